The van der Waals surface area contributed by atoms with Gasteiger partial charge in [0.05, 0.1) is 13.2 Å². The van der Waals surface area contributed by atoms with Crippen LogP contribution in [0.1, 0.15) is 34.5 Å². The Morgan fingerprint density at radius 2 is 1.89 bits per heavy atom. The Morgan fingerprint density at radius 1 is 1.11 bits per heavy atom. The topological polar surface area (TPSA) is 62.7 Å². The number of aromatic nitrogens is 1. The molecule has 28 heavy (non-hydrogen) atoms. The lowest BCUT2D eigenvalue weighted by Gasteiger charge is -2.30. The molecule has 0 saturated carbocycles. The van der Waals surface area contributed by atoms with E-state index in [2.05, 4.69) is 24.0 Å². The normalized spacial score (nSPS) is 23.6. The molecule has 0 radical (unpaired) electrons. The van der Waals surface area contributed by atoms with Gasteiger partial charge in [-0.1, -0.05) is 24.3 Å². The number of nitrogens with zero attached hydrogens (tertiary/aromatic N) is 3. The number of rotatable bonds is 3. The zero-order valence-corrected chi connectivity index (χ0v) is 16.5. The Hall–Kier alpha value is -2.89. The molecular formula is C22H25N3O3. The maximum Gasteiger partial charge on any atom is 0.259 e. The summed E-state index contributed by atoms with van der Waals surface area (Å²) in [7, 11) is 1.52. The van der Waals surface area contributed by atoms with E-state index in [1.54, 1.807) is 25.3 Å². The first-order chi connectivity index (χ1) is 13.5. The molecule has 2 amide bonds. The molecule has 0 N–H and O–H groups in total. The minimum atomic E-state index is -0.0581. The molecule has 0 bridgehead atoms. The summed E-state index contributed by atoms with van der Waals surface area (Å²) < 4.78 is 5.26. The van der Waals surface area contributed by atoms with Crippen LogP contribution in [-0.2, 0) is 4.79 Å². The molecule has 4 rings (SSSR count). The van der Waals surface area contributed by atoms with Gasteiger partial charge in [-0.15, -0.1) is 0 Å². The van der Waals surface area contributed by atoms with Crippen molar-refractivity contribution >= 4 is 11.8 Å². The number of amides is 2. The van der Waals surface area contributed by atoms with E-state index in [1.807, 2.05) is 21.9 Å². The van der Waals surface area contributed by atoms with Crippen molar-refractivity contribution in [3.8, 4) is 5.88 Å². The van der Waals surface area contributed by atoms with Gasteiger partial charge in [-0.25, -0.2) is 4.98 Å². The van der Waals surface area contributed by atoms with E-state index >= 15 is 0 Å². The van der Waals surface area contributed by atoms with Crippen molar-refractivity contribution in [2.45, 2.75) is 19.9 Å². The molecule has 3 atom stereocenters. The quantitative estimate of drug-likeness (QED) is 0.823. The average Bonchev–Trinajstić information content (AvgIpc) is 3.26. The lowest BCUT2D eigenvalue weighted by Crippen LogP contribution is -2.36. The van der Waals surface area contributed by atoms with Crippen molar-refractivity contribution in [2.24, 2.45) is 11.8 Å². The molecule has 2 aliphatic heterocycles. The Bertz CT molecular complexity index is 913. The number of hydrogen-bond donors (Lipinski definition) is 0. The van der Waals surface area contributed by atoms with Crippen molar-refractivity contribution in [3.05, 3.63) is 59.3 Å². The van der Waals surface area contributed by atoms with Crippen LogP contribution in [0.4, 0.5) is 0 Å². The molecule has 6 nitrogen and oxygen atoms in total. The molecule has 3 heterocycles. The summed E-state index contributed by atoms with van der Waals surface area (Å²) in [6.07, 6.45) is 1.62. The van der Waals surface area contributed by atoms with Gasteiger partial charge < -0.3 is 14.5 Å². The maximum absolute atomic E-state index is 13.1. The van der Waals surface area contributed by atoms with Gasteiger partial charge in [0, 0.05) is 44.6 Å². The molecule has 0 aliphatic carbocycles. The van der Waals surface area contributed by atoms with Crippen LogP contribution in [0.15, 0.2) is 42.6 Å². The Morgan fingerprint density at radius 3 is 2.61 bits per heavy atom. The zero-order chi connectivity index (χ0) is 19.8. The number of aryl methyl sites for hydroxylation is 1. The SMILES string of the molecule is COc1ncccc1C(=O)N1C[C@@H]2CN(C(C)=O)[C@H](c3ccccc3C)[C@@H]2C1. The van der Waals surface area contributed by atoms with Gasteiger partial charge in [0.25, 0.3) is 5.91 Å². The van der Waals surface area contributed by atoms with Crippen LogP contribution >= 0.6 is 0 Å². The Labute approximate surface area is 165 Å². The molecular weight excluding hydrogens is 354 g/mol. The number of benzene rings is 1. The summed E-state index contributed by atoms with van der Waals surface area (Å²) in [4.78, 5) is 33.4. The minimum Gasteiger partial charge on any atom is -0.480 e. The third-order valence-electron chi connectivity index (χ3n) is 6.06. The van der Waals surface area contributed by atoms with Gasteiger partial charge in [-0.3, -0.25) is 9.59 Å². The molecule has 6 heteroatoms. The molecule has 0 unspecified atom stereocenters. The number of likely N-dealkylation sites (tertiary alicyclic amines) is 2. The molecule has 2 aromatic rings. The molecule has 0 spiro atoms. The van der Waals surface area contributed by atoms with Gasteiger partial charge >= 0.3 is 0 Å². The van der Waals surface area contributed by atoms with Crippen LogP contribution < -0.4 is 4.74 Å². The summed E-state index contributed by atoms with van der Waals surface area (Å²) >= 11 is 0. The van der Waals surface area contributed by atoms with E-state index in [0.717, 1.165) is 0 Å². The van der Waals surface area contributed by atoms with Gasteiger partial charge in [0.2, 0.25) is 11.8 Å². The number of ether oxygens (including phenoxy) is 1. The number of methoxy groups -OCH3 is 1. The monoisotopic (exact) mass is 379 g/mol. The molecule has 1 aromatic carbocycles. The van der Waals surface area contributed by atoms with Gasteiger partial charge in [0.15, 0.2) is 0 Å². The number of carbonyl (C=O) groups excluding carboxylic acids is 2. The molecule has 2 aliphatic rings. The van der Waals surface area contributed by atoms with Crippen molar-refractivity contribution in [1.82, 2.24) is 14.8 Å². The lowest BCUT2D eigenvalue weighted by atomic mass is 9.87. The zero-order valence-electron chi connectivity index (χ0n) is 16.5. The molecule has 146 valence electrons. The van der Waals surface area contributed by atoms with E-state index < -0.39 is 0 Å². The predicted molar refractivity (Wildman–Crippen MR) is 105 cm³/mol. The highest BCUT2D eigenvalue weighted by Crippen LogP contribution is 2.46. The van der Waals surface area contributed by atoms with Crippen molar-refractivity contribution < 1.29 is 14.3 Å². The first kappa shape index (κ1) is 18.5. The standard InChI is InChI=1S/C22H25N3O3/c1-14-7-4-5-8-17(14)20-19-13-24(11-16(19)12-25(20)15(2)26)22(27)18-9-6-10-23-21(18)28-3/h4-10,16,19-20H,11-13H2,1-3H3/t16-,19-,20-/m1/s1. The number of carbonyl (C=O) groups is 2. The number of pyridine rings is 1. The maximum atomic E-state index is 13.1. The largest absolute Gasteiger partial charge is 0.480 e. The summed E-state index contributed by atoms with van der Waals surface area (Å²) in [5.41, 5.74) is 2.84. The van der Waals surface area contributed by atoms with E-state index in [4.69, 9.17) is 4.74 Å². The first-order valence-electron chi connectivity index (χ1n) is 9.62. The van der Waals surface area contributed by atoms with E-state index in [9.17, 15) is 9.59 Å². The highest BCUT2D eigenvalue weighted by Gasteiger charge is 2.49. The van der Waals surface area contributed by atoms with Crippen LogP contribution in [-0.4, -0.2) is 53.3 Å². The second-order valence-electron chi connectivity index (χ2n) is 7.67. The predicted octanol–water partition coefficient (Wildman–Crippen LogP) is 2.69. The summed E-state index contributed by atoms with van der Waals surface area (Å²) in [6.45, 7) is 5.68. The number of hydrogen-bond acceptors (Lipinski definition) is 4. The Balaban J connectivity index is 1.62. The molecule has 2 saturated heterocycles. The fourth-order valence-electron chi connectivity index (χ4n) is 4.74. The molecule has 2 fully saturated rings. The van der Waals surface area contributed by atoms with Gasteiger partial charge in [-0.05, 0) is 30.2 Å². The van der Waals surface area contributed by atoms with Crippen molar-refractivity contribution in [2.75, 3.05) is 26.7 Å². The van der Waals surface area contributed by atoms with E-state index in [1.165, 1.54) is 18.2 Å². The third kappa shape index (κ3) is 3.03. The average molecular weight is 379 g/mol. The van der Waals surface area contributed by atoms with Crippen LogP contribution in [0.3, 0.4) is 0 Å². The minimum absolute atomic E-state index is 0.0114. The van der Waals surface area contributed by atoms with Crippen LogP contribution in [0.2, 0.25) is 0 Å². The summed E-state index contributed by atoms with van der Waals surface area (Å²) in [5, 5.41) is 0. The second-order valence-corrected chi connectivity index (χ2v) is 7.67. The molecule has 1 aromatic heterocycles. The lowest BCUT2D eigenvalue weighted by molar-refractivity contribution is -0.130. The van der Waals surface area contributed by atoms with E-state index in [0.29, 0.717) is 31.1 Å². The summed E-state index contributed by atoms with van der Waals surface area (Å²) in [6, 6.07) is 11.7. The highest BCUT2D eigenvalue weighted by atomic mass is 16.5. The van der Waals surface area contributed by atoms with Gasteiger partial charge in [-0.2, -0.15) is 0 Å². The van der Waals surface area contributed by atoms with Crippen LogP contribution in [0.25, 0.3) is 0 Å². The third-order valence-corrected chi connectivity index (χ3v) is 6.06. The number of fused-ring (bicyclic) bond motifs is 1. The summed E-state index contributed by atoms with van der Waals surface area (Å²) in [5.74, 6) is 0.897. The van der Waals surface area contributed by atoms with Gasteiger partial charge in [0.1, 0.15) is 5.56 Å². The fraction of sp³-hybridized carbons (Fsp3) is 0.409. The van der Waals surface area contributed by atoms with E-state index in [-0.39, 0.29) is 29.7 Å². The van der Waals surface area contributed by atoms with Crippen LogP contribution in [0.5, 0.6) is 5.88 Å². The first-order valence-corrected chi connectivity index (χ1v) is 9.62. The van der Waals surface area contributed by atoms with Crippen LogP contribution in [0, 0.1) is 18.8 Å². The van der Waals surface area contributed by atoms with Crippen molar-refractivity contribution in [1.29, 1.82) is 0 Å². The van der Waals surface area contributed by atoms with Crippen molar-refractivity contribution in [3.63, 3.8) is 0 Å². The second kappa shape index (κ2) is 7.26. The smallest absolute Gasteiger partial charge is 0.259 e. The fourth-order valence-corrected chi connectivity index (χ4v) is 4.74. The Kier molecular flexibility index (Phi) is 4.79. The highest BCUT2D eigenvalue weighted by molar-refractivity contribution is 5.96.